The van der Waals surface area contributed by atoms with Gasteiger partial charge in [0, 0.05) is 11.5 Å². The molecule has 0 spiro atoms. The van der Waals surface area contributed by atoms with E-state index in [0.29, 0.717) is 19.3 Å². The second kappa shape index (κ2) is 6.69. The number of esters is 2. The zero-order valence-corrected chi connectivity index (χ0v) is 18.4. The molecule has 0 bridgehead atoms. The second-order valence-corrected chi connectivity index (χ2v) is 9.90. The third-order valence-corrected chi connectivity index (χ3v) is 8.61. The van der Waals surface area contributed by atoms with Crippen LogP contribution < -0.4 is 0 Å². The average molecular weight is 430 g/mol. The van der Waals surface area contributed by atoms with Crippen molar-refractivity contribution in [2.75, 3.05) is 0 Å². The smallest absolute Gasteiger partial charge is 0.312 e. The number of hydrogen-bond acceptors (Lipinski definition) is 7. The number of furan rings is 1. The van der Waals surface area contributed by atoms with Gasteiger partial charge in [-0.2, -0.15) is 0 Å². The highest BCUT2D eigenvalue weighted by Crippen LogP contribution is 2.71. The van der Waals surface area contributed by atoms with E-state index in [0.717, 1.165) is 5.56 Å². The van der Waals surface area contributed by atoms with Gasteiger partial charge >= 0.3 is 11.9 Å². The lowest BCUT2D eigenvalue weighted by molar-refractivity contribution is -0.251. The van der Waals surface area contributed by atoms with Gasteiger partial charge < -0.3 is 23.7 Å². The highest BCUT2D eigenvalue weighted by Gasteiger charge is 2.81. The molecule has 0 aromatic carbocycles. The van der Waals surface area contributed by atoms with E-state index in [4.69, 9.17) is 18.6 Å². The van der Waals surface area contributed by atoms with Crippen molar-refractivity contribution in [3.8, 4) is 0 Å². The molecule has 3 heterocycles. The number of epoxide rings is 1. The Balaban J connectivity index is 1.57. The predicted molar refractivity (Wildman–Crippen MR) is 109 cm³/mol. The van der Waals surface area contributed by atoms with Crippen molar-refractivity contribution in [1.29, 1.82) is 0 Å². The number of carbonyl (C=O) groups is 2. The molecule has 7 nitrogen and oxygen atoms in total. The Morgan fingerprint density at radius 2 is 2.16 bits per heavy atom. The number of aliphatic hydroxyl groups is 1. The molecule has 4 aliphatic rings. The molecular formula is C24H30O7. The minimum Gasteiger partial charge on any atom is -0.472 e. The maximum atomic E-state index is 12.9. The number of ether oxygens (including phenoxy) is 3. The molecule has 2 saturated heterocycles. The normalized spacial score (nSPS) is 46.6. The van der Waals surface area contributed by atoms with Crippen molar-refractivity contribution in [1.82, 2.24) is 0 Å². The fraction of sp³-hybridized carbons (Fsp3) is 0.667. The lowest BCUT2D eigenvalue weighted by Crippen LogP contribution is -2.71. The first-order valence-corrected chi connectivity index (χ1v) is 11.1. The van der Waals surface area contributed by atoms with E-state index < -0.39 is 46.6 Å². The van der Waals surface area contributed by atoms with Crippen LogP contribution in [0.2, 0.25) is 0 Å². The van der Waals surface area contributed by atoms with Gasteiger partial charge in [0.2, 0.25) is 0 Å². The molecule has 4 fully saturated rings. The molecule has 2 aliphatic heterocycles. The van der Waals surface area contributed by atoms with Crippen LogP contribution in [0.1, 0.15) is 58.6 Å². The molecule has 9 unspecified atom stereocenters. The Morgan fingerprint density at radius 3 is 2.84 bits per heavy atom. The predicted octanol–water partition coefficient (Wildman–Crippen LogP) is 3.33. The van der Waals surface area contributed by atoms with Crippen molar-refractivity contribution in [3.63, 3.8) is 0 Å². The van der Waals surface area contributed by atoms with Crippen LogP contribution >= 0.6 is 0 Å². The molecule has 7 heteroatoms. The summed E-state index contributed by atoms with van der Waals surface area (Å²) < 4.78 is 23.2. The summed E-state index contributed by atoms with van der Waals surface area (Å²) in [5, 5.41) is 12.3. The summed E-state index contributed by atoms with van der Waals surface area (Å²) >= 11 is 0. The van der Waals surface area contributed by atoms with Crippen LogP contribution in [-0.2, 0) is 23.8 Å². The maximum Gasteiger partial charge on any atom is 0.312 e. The first-order valence-electron chi connectivity index (χ1n) is 11.1. The third-order valence-electron chi connectivity index (χ3n) is 8.61. The van der Waals surface area contributed by atoms with Gasteiger partial charge in [-0.1, -0.05) is 19.1 Å². The molecule has 1 aromatic heterocycles. The topological polar surface area (TPSA) is 98.5 Å². The van der Waals surface area contributed by atoms with Crippen molar-refractivity contribution in [3.05, 3.63) is 36.3 Å². The Morgan fingerprint density at radius 1 is 1.39 bits per heavy atom. The third kappa shape index (κ3) is 2.59. The lowest BCUT2D eigenvalue weighted by Gasteiger charge is -2.60. The monoisotopic (exact) mass is 430 g/mol. The highest BCUT2D eigenvalue weighted by atomic mass is 16.6. The SMILES string of the molecule is CC=CC(C)C(=O)OC1CC2C(=O)OC(c3ccoc3)C2C2(O)CCC3OC3(C)C12C. The molecule has 0 radical (unpaired) electrons. The number of cyclic esters (lactones) is 1. The molecule has 0 amide bonds. The maximum absolute atomic E-state index is 12.9. The van der Waals surface area contributed by atoms with Gasteiger partial charge in [0.25, 0.3) is 0 Å². The van der Waals surface area contributed by atoms with Crippen molar-refractivity contribution < 1.29 is 33.3 Å². The number of fused-ring (bicyclic) bond motifs is 5. The molecule has 168 valence electrons. The highest BCUT2D eigenvalue weighted by molar-refractivity contribution is 5.77. The van der Waals surface area contributed by atoms with Crippen LogP contribution in [0.3, 0.4) is 0 Å². The number of carbonyl (C=O) groups excluding carboxylic acids is 2. The molecule has 31 heavy (non-hydrogen) atoms. The van der Waals surface area contributed by atoms with Crippen LogP contribution in [0.5, 0.6) is 0 Å². The first-order chi connectivity index (χ1) is 14.7. The summed E-state index contributed by atoms with van der Waals surface area (Å²) in [6.45, 7) is 7.57. The van der Waals surface area contributed by atoms with Gasteiger partial charge in [-0.25, -0.2) is 0 Å². The van der Waals surface area contributed by atoms with Crippen LogP contribution in [-0.4, -0.2) is 40.5 Å². The Labute approximate surface area is 181 Å². The molecule has 9 atom stereocenters. The summed E-state index contributed by atoms with van der Waals surface area (Å²) in [7, 11) is 0. The molecule has 5 rings (SSSR count). The van der Waals surface area contributed by atoms with Crippen molar-refractivity contribution in [2.24, 2.45) is 23.2 Å². The van der Waals surface area contributed by atoms with Crippen LogP contribution in [0.25, 0.3) is 0 Å². The summed E-state index contributed by atoms with van der Waals surface area (Å²) in [6, 6.07) is 1.77. The Bertz CT molecular complexity index is 922. The summed E-state index contributed by atoms with van der Waals surface area (Å²) in [5.41, 5.74) is -2.09. The number of rotatable bonds is 4. The second-order valence-electron chi connectivity index (χ2n) is 9.90. The molecule has 2 aliphatic carbocycles. The zero-order valence-electron chi connectivity index (χ0n) is 18.4. The van der Waals surface area contributed by atoms with Gasteiger partial charge in [0.1, 0.15) is 17.8 Å². The molecule has 1 aromatic rings. The van der Waals surface area contributed by atoms with Gasteiger partial charge in [0.15, 0.2) is 0 Å². The largest absolute Gasteiger partial charge is 0.472 e. The van der Waals surface area contributed by atoms with Crippen LogP contribution in [0.15, 0.2) is 35.2 Å². The Kier molecular flexibility index (Phi) is 4.48. The lowest BCUT2D eigenvalue weighted by atomic mass is 9.46. The molecule has 1 N–H and O–H groups in total. The van der Waals surface area contributed by atoms with Gasteiger partial charge in [-0.05, 0) is 46.1 Å². The molecular weight excluding hydrogens is 400 g/mol. The molecule has 2 saturated carbocycles. The average Bonchev–Trinajstić information content (AvgIpc) is 3.07. The summed E-state index contributed by atoms with van der Waals surface area (Å²) in [5.74, 6) is -2.17. The van der Waals surface area contributed by atoms with Gasteiger partial charge in [-0.3, -0.25) is 9.59 Å². The Hall–Kier alpha value is -2.12. The van der Waals surface area contributed by atoms with E-state index >= 15 is 0 Å². The van der Waals surface area contributed by atoms with E-state index in [-0.39, 0.29) is 18.0 Å². The fourth-order valence-electron chi connectivity index (χ4n) is 6.63. The van der Waals surface area contributed by atoms with E-state index in [2.05, 4.69) is 0 Å². The first kappa shape index (κ1) is 20.8. The zero-order chi connectivity index (χ0) is 22.2. The van der Waals surface area contributed by atoms with E-state index in [1.54, 1.807) is 25.3 Å². The number of hydrogen-bond donors (Lipinski definition) is 1. The minimum atomic E-state index is -1.31. The van der Waals surface area contributed by atoms with Crippen molar-refractivity contribution >= 4 is 11.9 Å². The standard InChI is InChI=1S/C24H30O7/c1-5-6-13(2)20(25)29-17-11-15-18(19(30-21(15)26)14-8-10-28-12-14)24(27)9-7-16-23(4,31-16)22(17,24)3/h5-6,8,10,12-13,15-19,27H,7,9,11H2,1-4H3. The van der Waals surface area contributed by atoms with E-state index in [9.17, 15) is 14.7 Å². The van der Waals surface area contributed by atoms with E-state index in [1.165, 1.54) is 6.26 Å². The fourth-order valence-corrected chi connectivity index (χ4v) is 6.63. The van der Waals surface area contributed by atoms with Gasteiger partial charge in [-0.15, -0.1) is 0 Å². The quantitative estimate of drug-likeness (QED) is 0.444. The summed E-state index contributed by atoms with van der Waals surface area (Å²) in [4.78, 5) is 25.8. The number of allylic oxidation sites excluding steroid dienone is 1. The summed E-state index contributed by atoms with van der Waals surface area (Å²) in [6.07, 6.45) is 6.88. The van der Waals surface area contributed by atoms with E-state index in [1.807, 2.05) is 26.8 Å². The van der Waals surface area contributed by atoms with Crippen LogP contribution in [0.4, 0.5) is 0 Å². The van der Waals surface area contributed by atoms with Crippen LogP contribution in [0, 0.1) is 23.2 Å². The minimum absolute atomic E-state index is 0.00823. The van der Waals surface area contributed by atoms with Gasteiger partial charge in [0.05, 0.1) is 41.5 Å². The van der Waals surface area contributed by atoms with Crippen molar-refractivity contribution in [2.45, 2.75) is 76.5 Å².